The molecule has 2 aliphatic heterocycles. The summed E-state index contributed by atoms with van der Waals surface area (Å²) in [5.41, 5.74) is 1.40. The summed E-state index contributed by atoms with van der Waals surface area (Å²) in [6.45, 7) is 8.28. The molecular weight excluding hydrogens is 350 g/mol. The molecule has 2 fully saturated rings. The lowest BCUT2D eigenvalue weighted by molar-refractivity contribution is -0.130. The first-order valence-corrected chi connectivity index (χ1v) is 10.7. The van der Waals surface area contributed by atoms with Crippen molar-refractivity contribution in [3.05, 3.63) is 35.9 Å². The van der Waals surface area contributed by atoms with Gasteiger partial charge in [0, 0.05) is 52.4 Å². The SMILES string of the molecule is CCC(c1ccccc1)N1CCN(C(=NC)NCC(=O)N2CCCCC2)CC1. The van der Waals surface area contributed by atoms with Gasteiger partial charge in [-0.2, -0.15) is 0 Å². The van der Waals surface area contributed by atoms with Gasteiger partial charge in [-0.1, -0.05) is 37.3 Å². The van der Waals surface area contributed by atoms with Gasteiger partial charge in [0.25, 0.3) is 0 Å². The lowest BCUT2D eigenvalue weighted by Crippen LogP contribution is -2.54. The van der Waals surface area contributed by atoms with Crippen molar-refractivity contribution in [1.29, 1.82) is 0 Å². The van der Waals surface area contributed by atoms with Crippen molar-refractivity contribution in [2.24, 2.45) is 4.99 Å². The number of piperidine rings is 1. The summed E-state index contributed by atoms with van der Waals surface area (Å²) in [7, 11) is 1.80. The lowest BCUT2D eigenvalue weighted by Gasteiger charge is -2.40. The Balaban J connectivity index is 1.49. The zero-order valence-corrected chi connectivity index (χ0v) is 17.4. The van der Waals surface area contributed by atoms with Gasteiger partial charge in [0.2, 0.25) is 5.91 Å². The normalized spacial score (nSPS) is 20.1. The Morgan fingerprint density at radius 3 is 2.29 bits per heavy atom. The number of nitrogens with zero attached hydrogens (tertiary/aromatic N) is 4. The number of aliphatic imine (C=N–C) groups is 1. The molecule has 6 heteroatoms. The van der Waals surface area contributed by atoms with E-state index in [4.69, 9.17) is 0 Å². The fraction of sp³-hybridized carbons (Fsp3) is 0.636. The third-order valence-corrected chi connectivity index (χ3v) is 5.94. The van der Waals surface area contributed by atoms with Gasteiger partial charge in [0.15, 0.2) is 5.96 Å². The van der Waals surface area contributed by atoms with Gasteiger partial charge in [-0.05, 0) is 31.2 Å². The number of hydrogen-bond acceptors (Lipinski definition) is 3. The molecule has 1 unspecified atom stereocenters. The Kier molecular flexibility index (Phi) is 7.71. The Labute approximate surface area is 169 Å². The number of benzene rings is 1. The predicted octanol–water partition coefficient (Wildman–Crippen LogP) is 2.34. The molecule has 28 heavy (non-hydrogen) atoms. The van der Waals surface area contributed by atoms with Crippen LogP contribution in [0.15, 0.2) is 35.3 Å². The highest BCUT2D eigenvalue weighted by molar-refractivity contribution is 5.86. The summed E-state index contributed by atoms with van der Waals surface area (Å²) < 4.78 is 0. The minimum Gasteiger partial charge on any atom is -0.347 e. The van der Waals surface area contributed by atoms with Crippen LogP contribution in [0.3, 0.4) is 0 Å². The fourth-order valence-electron chi connectivity index (χ4n) is 4.37. The Morgan fingerprint density at radius 2 is 1.68 bits per heavy atom. The lowest BCUT2D eigenvalue weighted by atomic mass is 10.0. The topological polar surface area (TPSA) is 51.2 Å². The quantitative estimate of drug-likeness (QED) is 0.624. The van der Waals surface area contributed by atoms with Crippen LogP contribution >= 0.6 is 0 Å². The van der Waals surface area contributed by atoms with E-state index in [1.54, 1.807) is 7.05 Å². The molecule has 1 aromatic rings. The number of amides is 1. The maximum Gasteiger partial charge on any atom is 0.241 e. The minimum atomic E-state index is 0.189. The molecule has 154 valence electrons. The predicted molar refractivity (Wildman–Crippen MR) is 114 cm³/mol. The molecule has 1 amide bonds. The molecule has 0 aliphatic carbocycles. The zero-order valence-electron chi connectivity index (χ0n) is 17.4. The van der Waals surface area contributed by atoms with Crippen LogP contribution < -0.4 is 5.32 Å². The average Bonchev–Trinajstić information content (AvgIpc) is 2.77. The molecule has 0 bridgehead atoms. The molecule has 2 heterocycles. The number of carbonyl (C=O) groups is 1. The first-order chi connectivity index (χ1) is 13.7. The molecule has 2 aliphatic rings. The van der Waals surface area contributed by atoms with Crippen LogP contribution in [-0.2, 0) is 4.79 Å². The van der Waals surface area contributed by atoms with E-state index in [1.807, 2.05) is 4.90 Å². The first kappa shape index (κ1) is 20.6. The summed E-state index contributed by atoms with van der Waals surface area (Å²) in [6.07, 6.45) is 4.61. The first-order valence-electron chi connectivity index (χ1n) is 10.7. The number of carbonyl (C=O) groups excluding carboxylic acids is 1. The van der Waals surface area contributed by atoms with Crippen LogP contribution in [-0.4, -0.2) is 79.4 Å². The average molecular weight is 386 g/mol. The maximum absolute atomic E-state index is 12.4. The second kappa shape index (κ2) is 10.5. The number of piperazine rings is 1. The number of likely N-dealkylation sites (tertiary alicyclic amines) is 1. The molecule has 1 N–H and O–H groups in total. The van der Waals surface area contributed by atoms with Crippen molar-refractivity contribution in [3.63, 3.8) is 0 Å². The molecule has 1 atom stereocenters. The number of guanidine groups is 1. The van der Waals surface area contributed by atoms with Crippen molar-refractivity contribution < 1.29 is 4.79 Å². The third kappa shape index (κ3) is 5.25. The number of rotatable bonds is 5. The standard InChI is InChI=1S/C22H35N5O/c1-3-20(19-10-6-4-7-11-19)25-14-16-27(17-15-25)22(23-2)24-18-21(28)26-12-8-5-9-13-26/h4,6-7,10-11,20H,3,5,8-9,12-18H2,1-2H3,(H,23,24). The van der Waals surface area contributed by atoms with Crippen molar-refractivity contribution in [2.45, 2.75) is 38.6 Å². The third-order valence-electron chi connectivity index (χ3n) is 5.94. The van der Waals surface area contributed by atoms with Crippen LogP contribution in [0.4, 0.5) is 0 Å². The molecule has 1 aromatic carbocycles. The van der Waals surface area contributed by atoms with E-state index < -0.39 is 0 Å². The van der Waals surface area contributed by atoms with Gasteiger partial charge in [-0.25, -0.2) is 0 Å². The Hall–Kier alpha value is -2.08. The van der Waals surface area contributed by atoms with Gasteiger partial charge in [0.1, 0.15) is 0 Å². The zero-order chi connectivity index (χ0) is 19.8. The number of hydrogen-bond donors (Lipinski definition) is 1. The van der Waals surface area contributed by atoms with Crippen LogP contribution in [0.2, 0.25) is 0 Å². The Morgan fingerprint density at radius 1 is 1.00 bits per heavy atom. The van der Waals surface area contributed by atoms with Crippen molar-refractivity contribution in [1.82, 2.24) is 20.0 Å². The summed E-state index contributed by atoms with van der Waals surface area (Å²) in [6, 6.07) is 11.3. The van der Waals surface area contributed by atoms with E-state index >= 15 is 0 Å². The fourth-order valence-corrected chi connectivity index (χ4v) is 4.37. The highest BCUT2D eigenvalue weighted by atomic mass is 16.2. The summed E-state index contributed by atoms with van der Waals surface area (Å²) >= 11 is 0. The van der Waals surface area contributed by atoms with Crippen LogP contribution in [0.1, 0.15) is 44.2 Å². The molecule has 2 saturated heterocycles. The van der Waals surface area contributed by atoms with Gasteiger partial charge in [-0.15, -0.1) is 0 Å². The van der Waals surface area contributed by atoms with Crippen molar-refractivity contribution >= 4 is 11.9 Å². The highest BCUT2D eigenvalue weighted by Crippen LogP contribution is 2.25. The van der Waals surface area contributed by atoms with Crippen LogP contribution in [0.25, 0.3) is 0 Å². The number of nitrogens with one attached hydrogen (secondary N) is 1. The van der Waals surface area contributed by atoms with Crippen molar-refractivity contribution in [2.75, 3.05) is 52.9 Å². The van der Waals surface area contributed by atoms with Gasteiger partial charge in [-0.3, -0.25) is 14.7 Å². The van der Waals surface area contributed by atoms with E-state index in [-0.39, 0.29) is 5.91 Å². The maximum atomic E-state index is 12.4. The van der Waals surface area contributed by atoms with Crippen LogP contribution in [0, 0.1) is 0 Å². The molecule has 6 nitrogen and oxygen atoms in total. The van der Waals surface area contributed by atoms with Gasteiger partial charge in [0.05, 0.1) is 6.54 Å². The van der Waals surface area contributed by atoms with E-state index in [9.17, 15) is 4.79 Å². The smallest absolute Gasteiger partial charge is 0.241 e. The molecule has 0 aromatic heterocycles. The second-order valence-electron chi connectivity index (χ2n) is 7.70. The largest absolute Gasteiger partial charge is 0.347 e. The van der Waals surface area contributed by atoms with Crippen LogP contribution in [0.5, 0.6) is 0 Å². The molecule has 0 radical (unpaired) electrons. The summed E-state index contributed by atoms with van der Waals surface area (Å²) in [5.74, 6) is 1.03. The van der Waals surface area contributed by atoms with E-state index in [0.717, 1.165) is 64.5 Å². The highest BCUT2D eigenvalue weighted by Gasteiger charge is 2.25. The van der Waals surface area contributed by atoms with Crippen molar-refractivity contribution in [3.8, 4) is 0 Å². The van der Waals surface area contributed by atoms with Gasteiger partial charge < -0.3 is 15.1 Å². The summed E-state index contributed by atoms with van der Waals surface area (Å²) in [5, 5.41) is 3.29. The van der Waals surface area contributed by atoms with Gasteiger partial charge >= 0.3 is 0 Å². The minimum absolute atomic E-state index is 0.189. The van der Waals surface area contributed by atoms with E-state index in [2.05, 4.69) is 57.4 Å². The van der Waals surface area contributed by atoms with E-state index in [1.165, 1.54) is 12.0 Å². The second-order valence-corrected chi connectivity index (χ2v) is 7.70. The molecule has 0 spiro atoms. The van der Waals surface area contributed by atoms with E-state index in [0.29, 0.717) is 12.6 Å². The Bertz CT molecular complexity index is 634. The molecule has 3 rings (SSSR count). The monoisotopic (exact) mass is 385 g/mol. The summed E-state index contributed by atoms with van der Waals surface area (Å²) in [4.78, 5) is 23.7. The molecular formula is C22H35N5O. The molecule has 0 saturated carbocycles.